The molecule has 0 unspecified atom stereocenters. The summed E-state index contributed by atoms with van der Waals surface area (Å²) in [6.45, 7) is 3.39. The van der Waals surface area contributed by atoms with E-state index in [1.165, 1.54) is 12.8 Å². The number of benzene rings is 1. The Morgan fingerprint density at radius 1 is 1.20 bits per heavy atom. The molecule has 0 spiro atoms. The van der Waals surface area contributed by atoms with E-state index in [9.17, 15) is 8.42 Å². The number of hydrogen-bond donors (Lipinski definition) is 2. The molecule has 0 radical (unpaired) electrons. The van der Waals surface area contributed by atoms with Crippen LogP contribution in [0.1, 0.15) is 39.0 Å². The zero-order valence-corrected chi connectivity index (χ0v) is 12.9. The van der Waals surface area contributed by atoms with Crippen LogP contribution in [-0.4, -0.2) is 21.5 Å². The van der Waals surface area contributed by atoms with E-state index in [0.29, 0.717) is 23.0 Å². The summed E-state index contributed by atoms with van der Waals surface area (Å²) in [5.74, 6) is 0.500. The van der Waals surface area contributed by atoms with Crippen LogP contribution in [-0.2, 0) is 10.0 Å². The monoisotopic (exact) mass is 296 g/mol. The van der Waals surface area contributed by atoms with Gasteiger partial charge in [-0.25, -0.2) is 13.1 Å². The molecule has 2 N–H and O–H groups in total. The van der Waals surface area contributed by atoms with E-state index in [4.69, 9.17) is 0 Å². The Hall–Kier alpha value is -1.07. The smallest absolute Gasteiger partial charge is 0.242 e. The van der Waals surface area contributed by atoms with Crippen molar-refractivity contribution >= 4 is 15.7 Å². The second-order valence-corrected chi connectivity index (χ2v) is 7.16. The third-order valence-corrected chi connectivity index (χ3v) is 5.26. The van der Waals surface area contributed by atoms with Crippen LogP contribution in [0.15, 0.2) is 29.2 Å². The normalized spacial score (nSPS) is 16.4. The summed E-state index contributed by atoms with van der Waals surface area (Å²) >= 11 is 0. The number of rotatable bonds is 7. The molecule has 0 saturated heterocycles. The summed E-state index contributed by atoms with van der Waals surface area (Å²) < 4.78 is 27.6. The number of sulfonamides is 1. The first kappa shape index (κ1) is 15.3. The van der Waals surface area contributed by atoms with E-state index in [0.717, 1.165) is 25.8 Å². The summed E-state index contributed by atoms with van der Waals surface area (Å²) in [6, 6.07) is 7.10. The van der Waals surface area contributed by atoms with Crippen molar-refractivity contribution in [2.45, 2.75) is 43.9 Å². The maximum Gasteiger partial charge on any atom is 0.242 e. The summed E-state index contributed by atoms with van der Waals surface area (Å²) in [7, 11) is -3.42. The van der Waals surface area contributed by atoms with E-state index in [-0.39, 0.29) is 0 Å². The van der Waals surface area contributed by atoms with E-state index in [1.807, 2.05) is 12.1 Å². The second-order valence-electron chi connectivity index (χ2n) is 5.43. The van der Waals surface area contributed by atoms with Crippen LogP contribution in [0.5, 0.6) is 0 Å². The number of anilines is 1. The number of para-hydroxylation sites is 1. The molecule has 0 aromatic heterocycles. The van der Waals surface area contributed by atoms with E-state index < -0.39 is 10.0 Å². The lowest BCUT2D eigenvalue weighted by Crippen LogP contribution is -2.29. The fraction of sp³-hybridized carbons (Fsp3) is 0.600. The highest BCUT2D eigenvalue weighted by molar-refractivity contribution is 7.89. The van der Waals surface area contributed by atoms with Crippen molar-refractivity contribution < 1.29 is 8.42 Å². The highest BCUT2D eigenvalue weighted by Crippen LogP contribution is 2.25. The second kappa shape index (κ2) is 7.09. The van der Waals surface area contributed by atoms with Gasteiger partial charge in [0.25, 0.3) is 0 Å². The number of nitrogens with one attached hydrogen (secondary N) is 2. The van der Waals surface area contributed by atoms with Crippen molar-refractivity contribution in [1.82, 2.24) is 4.72 Å². The zero-order chi connectivity index (χ0) is 14.4. The third-order valence-electron chi connectivity index (χ3n) is 3.78. The molecule has 0 heterocycles. The SMILES string of the molecule is CCCNc1ccccc1S(=O)(=O)NCC1CCCC1. The van der Waals surface area contributed by atoms with Crippen molar-refractivity contribution in [3.63, 3.8) is 0 Å². The Morgan fingerprint density at radius 3 is 2.60 bits per heavy atom. The first-order valence-electron chi connectivity index (χ1n) is 7.46. The molecule has 0 bridgehead atoms. The molecule has 0 amide bonds. The van der Waals surface area contributed by atoms with E-state index in [1.54, 1.807) is 12.1 Å². The van der Waals surface area contributed by atoms with Gasteiger partial charge >= 0.3 is 0 Å². The largest absolute Gasteiger partial charge is 0.384 e. The van der Waals surface area contributed by atoms with E-state index >= 15 is 0 Å². The summed E-state index contributed by atoms with van der Waals surface area (Å²) in [5, 5.41) is 3.18. The van der Waals surface area contributed by atoms with Crippen LogP contribution in [0.4, 0.5) is 5.69 Å². The van der Waals surface area contributed by atoms with Crippen molar-refractivity contribution in [3.05, 3.63) is 24.3 Å². The molecule has 4 nitrogen and oxygen atoms in total. The molecule has 112 valence electrons. The molecule has 1 fully saturated rings. The minimum atomic E-state index is -3.42. The summed E-state index contributed by atoms with van der Waals surface area (Å²) in [5.41, 5.74) is 0.688. The van der Waals surface area contributed by atoms with Crippen LogP contribution in [0.3, 0.4) is 0 Å². The highest BCUT2D eigenvalue weighted by atomic mass is 32.2. The van der Waals surface area contributed by atoms with Gasteiger partial charge in [-0.15, -0.1) is 0 Å². The number of hydrogen-bond acceptors (Lipinski definition) is 3. The van der Waals surface area contributed by atoms with Gasteiger partial charge in [-0.2, -0.15) is 0 Å². The van der Waals surface area contributed by atoms with Gasteiger partial charge in [0.2, 0.25) is 10.0 Å². The fourth-order valence-electron chi connectivity index (χ4n) is 2.63. The van der Waals surface area contributed by atoms with Crippen LogP contribution in [0, 0.1) is 5.92 Å². The minimum absolute atomic E-state index is 0.353. The van der Waals surface area contributed by atoms with Crippen molar-refractivity contribution in [3.8, 4) is 0 Å². The van der Waals surface area contributed by atoms with Gasteiger partial charge in [-0.1, -0.05) is 31.9 Å². The molecule has 1 saturated carbocycles. The topological polar surface area (TPSA) is 58.2 Å². The zero-order valence-electron chi connectivity index (χ0n) is 12.1. The van der Waals surface area contributed by atoms with Crippen molar-refractivity contribution in [2.24, 2.45) is 5.92 Å². The van der Waals surface area contributed by atoms with E-state index in [2.05, 4.69) is 17.0 Å². The van der Waals surface area contributed by atoms with Gasteiger partial charge < -0.3 is 5.32 Å². The quantitative estimate of drug-likeness (QED) is 0.813. The highest BCUT2D eigenvalue weighted by Gasteiger charge is 2.21. The average Bonchev–Trinajstić information content (AvgIpc) is 2.97. The van der Waals surface area contributed by atoms with Crippen molar-refractivity contribution in [2.75, 3.05) is 18.4 Å². The Labute approximate surface area is 122 Å². The molecule has 1 aromatic carbocycles. The predicted molar refractivity (Wildman–Crippen MR) is 82.4 cm³/mol. The van der Waals surface area contributed by atoms with Crippen LogP contribution >= 0.6 is 0 Å². The Bertz CT molecular complexity index is 522. The van der Waals surface area contributed by atoms with Gasteiger partial charge in [0.15, 0.2) is 0 Å². The average molecular weight is 296 g/mol. The van der Waals surface area contributed by atoms with Gasteiger partial charge in [-0.3, -0.25) is 0 Å². The van der Waals surface area contributed by atoms with Gasteiger partial charge in [0.05, 0.1) is 5.69 Å². The predicted octanol–water partition coefficient (Wildman–Crippen LogP) is 2.98. The lowest BCUT2D eigenvalue weighted by molar-refractivity contribution is 0.520. The van der Waals surface area contributed by atoms with Gasteiger partial charge in [-0.05, 0) is 37.3 Å². The first-order valence-corrected chi connectivity index (χ1v) is 8.94. The maximum atomic E-state index is 12.4. The molecule has 5 heteroatoms. The Kier molecular flexibility index (Phi) is 5.43. The Balaban J connectivity index is 2.07. The molecule has 0 aliphatic heterocycles. The molecule has 1 aliphatic carbocycles. The molecule has 2 rings (SSSR count). The van der Waals surface area contributed by atoms with Crippen LogP contribution in [0.2, 0.25) is 0 Å². The standard InChI is InChI=1S/C15H24N2O2S/c1-2-11-16-14-9-5-6-10-15(14)20(18,19)17-12-13-7-3-4-8-13/h5-6,9-10,13,16-17H,2-4,7-8,11-12H2,1H3. The Morgan fingerprint density at radius 2 is 1.90 bits per heavy atom. The third kappa shape index (κ3) is 3.96. The van der Waals surface area contributed by atoms with Crippen LogP contribution in [0.25, 0.3) is 0 Å². The maximum absolute atomic E-state index is 12.4. The lowest BCUT2D eigenvalue weighted by Gasteiger charge is -2.14. The lowest BCUT2D eigenvalue weighted by atomic mass is 10.1. The molecule has 20 heavy (non-hydrogen) atoms. The van der Waals surface area contributed by atoms with Crippen molar-refractivity contribution in [1.29, 1.82) is 0 Å². The minimum Gasteiger partial charge on any atom is -0.384 e. The fourth-order valence-corrected chi connectivity index (χ4v) is 3.92. The van der Waals surface area contributed by atoms with Gasteiger partial charge in [0.1, 0.15) is 4.90 Å². The summed E-state index contributed by atoms with van der Waals surface area (Å²) in [6.07, 6.45) is 5.68. The molecule has 0 atom stereocenters. The first-order chi connectivity index (χ1) is 9.63. The van der Waals surface area contributed by atoms with Crippen LogP contribution < -0.4 is 10.0 Å². The summed E-state index contributed by atoms with van der Waals surface area (Å²) in [4.78, 5) is 0.353. The molecule has 1 aliphatic rings. The molecule has 1 aromatic rings. The molecular weight excluding hydrogens is 272 g/mol. The van der Waals surface area contributed by atoms with Gasteiger partial charge in [0, 0.05) is 13.1 Å². The molecular formula is C15H24N2O2S.